The number of alkyl halides is 1. The summed E-state index contributed by atoms with van der Waals surface area (Å²) in [5.74, 6) is -0.348. The van der Waals surface area contributed by atoms with Gasteiger partial charge in [0.05, 0.1) is 5.69 Å². The van der Waals surface area contributed by atoms with Gasteiger partial charge in [0.1, 0.15) is 32.2 Å². The Kier molecular flexibility index (Phi) is 6.55. The smallest absolute Gasteiger partial charge is 0.255 e. The van der Waals surface area contributed by atoms with E-state index in [4.69, 9.17) is 12.6 Å². The molecule has 1 atom stereocenters. The van der Waals surface area contributed by atoms with Crippen LogP contribution in [-0.2, 0) is 7.05 Å². The molecule has 4 rings (SSSR count). The lowest BCUT2D eigenvalue weighted by Gasteiger charge is -2.18. The van der Waals surface area contributed by atoms with Gasteiger partial charge in [-0.05, 0) is 42.8 Å². The standard InChI is InChI=1S/C23H23BF2N4O2/c1-29-22(20(24)13-27-29)19-12-18(28-23(31)15-3-2-4-16(25)11-15)5-6-21(19)32-10-9-30-8-7-17(26)14-30/h2-6,11-13,17H,7-10,14H2,1H3,(H,28,31)/t17-/m0/s1. The lowest BCUT2D eigenvalue weighted by Crippen LogP contribution is -2.26. The van der Waals surface area contributed by atoms with E-state index in [1.807, 2.05) is 4.90 Å². The molecule has 1 amide bonds. The van der Waals surface area contributed by atoms with Crippen LogP contribution in [-0.4, -0.2) is 60.8 Å². The zero-order valence-corrected chi connectivity index (χ0v) is 17.7. The van der Waals surface area contributed by atoms with E-state index in [0.717, 1.165) is 6.54 Å². The number of nitrogens with one attached hydrogen (secondary N) is 1. The Morgan fingerprint density at radius 1 is 1.31 bits per heavy atom. The van der Waals surface area contributed by atoms with Gasteiger partial charge in [-0.25, -0.2) is 8.78 Å². The van der Waals surface area contributed by atoms with Crippen molar-refractivity contribution in [1.82, 2.24) is 14.7 Å². The van der Waals surface area contributed by atoms with Gasteiger partial charge in [-0.3, -0.25) is 14.4 Å². The molecule has 2 heterocycles. The molecule has 0 aliphatic carbocycles. The van der Waals surface area contributed by atoms with Gasteiger partial charge >= 0.3 is 0 Å². The van der Waals surface area contributed by atoms with Gasteiger partial charge in [-0.2, -0.15) is 5.10 Å². The fraction of sp³-hybridized carbons (Fsp3) is 0.304. The van der Waals surface area contributed by atoms with Crippen molar-refractivity contribution in [3.8, 4) is 17.0 Å². The molecular weight excluding hydrogens is 413 g/mol. The molecule has 0 spiro atoms. The summed E-state index contributed by atoms with van der Waals surface area (Å²) in [5.41, 5.74) is 2.48. The lowest BCUT2D eigenvalue weighted by atomic mass is 9.93. The summed E-state index contributed by atoms with van der Waals surface area (Å²) in [5, 5.41) is 6.97. The van der Waals surface area contributed by atoms with Crippen molar-refractivity contribution >= 4 is 24.9 Å². The van der Waals surface area contributed by atoms with E-state index in [1.54, 1.807) is 36.1 Å². The number of aromatic nitrogens is 2. The van der Waals surface area contributed by atoms with Crippen LogP contribution in [0.5, 0.6) is 5.75 Å². The van der Waals surface area contributed by atoms with Gasteiger partial charge in [0, 0.05) is 49.7 Å². The first-order valence-electron chi connectivity index (χ1n) is 10.4. The van der Waals surface area contributed by atoms with Crippen LogP contribution in [0.4, 0.5) is 14.5 Å². The van der Waals surface area contributed by atoms with Gasteiger partial charge in [-0.1, -0.05) is 11.5 Å². The number of hydrogen-bond acceptors (Lipinski definition) is 4. The average molecular weight is 436 g/mol. The van der Waals surface area contributed by atoms with Gasteiger partial charge < -0.3 is 10.1 Å². The Hall–Kier alpha value is -3.20. The van der Waals surface area contributed by atoms with Crippen molar-refractivity contribution in [3.63, 3.8) is 0 Å². The van der Waals surface area contributed by atoms with Crippen molar-refractivity contribution in [3.05, 3.63) is 60.0 Å². The Morgan fingerprint density at radius 2 is 2.16 bits per heavy atom. The quantitative estimate of drug-likeness (QED) is 0.579. The van der Waals surface area contributed by atoms with Crippen LogP contribution in [0.15, 0.2) is 48.7 Å². The molecule has 164 valence electrons. The lowest BCUT2D eigenvalue weighted by molar-refractivity contribution is 0.102. The first-order chi connectivity index (χ1) is 15.4. The largest absolute Gasteiger partial charge is 0.492 e. The molecule has 1 saturated heterocycles. The molecule has 0 unspecified atom stereocenters. The third-order valence-corrected chi connectivity index (χ3v) is 5.43. The SMILES string of the molecule is [B]c1cnn(C)c1-c1cc(NC(=O)c2cccc(F)c2)ccc1OCCN1CC[C@H](F)C1. The maximum atomic E-state index is 13.5. The number of aryl methyl sites for hydroxylation is 1. The molecule has 0 bridgehead atoms. The number of rotatable bonds is 7. The highest BCUT2D eigenvalue weighted by Crippen LogP contribution is 2.32. The monoisotopic (exact) mass is 436 g/mol. The van der Waals surface area contributed by atoms with Crippen LogP contribution in [0.1, 0.15) is 16.8 Å². The van der Waals surface area contributed by atoms with Crippen molar-refractivity contribution in [2.24, 2.45) is 7.05 Å². The Bertz CT molecular complexity index is 1100. The van der Waals surface area contributed by atoms with E-state index in [2.05, 4.69) is 10.4 Å². The first-order valence-corrected chi connectivity index (χ1v) is 10.4. The van der Waals surface area contributed by atoms with Crippen LogP contribution in [0.3, 0.4) is 0 Å². The summed E-state index contributed by atoms with van der Waals surface area (Å²) in [4.78, 5) is 14.6. The minimum Gasteiger partial charge on any atom is -0.492 e. The van der Waals surface area contributed by atoms with Gasteiger partial charge in [-0.15, -0.1) is 0 Å². The van der Waals surface area contributed by atoms with Crippen LogP contribution in [0.2, 0.25) is 0 Å². The summed E-state index contributed by atoms with van der Waals surface area (Å²) < 4.78 is 34.5. The number of carbonyl (C=O) groups excluding carboxylic acids is 1. The minimum absolute atomic E-state index is 0.212. The number of anilines is 1. The Labute approximate surface area is 186 Å². The van der Waals surface area contributed by atoms with E-state index in [-0.39, 0.29) is 5.56 Å². The highest BCUT2D eigenvalue weighted by molar-refractivity contribution is 6.35. The van der Waals surface area contributed by atoms with Crippen molar-refractivity contribution < 1.29 is 18.3 Å². The second kappa shape index (κ2) is 9.52. The fourth-order valence-corrected chi connectivity index (χ4v) is 3.81. The topological polar surface area (TPSA) is 59.4 Å². The number of halogens is 2. The fourth-order valence-electron chi connectivity index (χ4n) is 3.81. The zero-order chi connectivity index (χ0) is 22.7. The highest BCUT2D eigenvalue weighted by atomic mass is 19.1. The molecule has 1 fully saturated rings. The predicted molar refractivity (Wildman–Crippen MR) is 120 cm³/mol. The molecule has 2 radical (unpaired) electrons. The molecule has 1 aromatic heterocycles. The molecule has 32 heavy (non-hydrogen) atoms. The van der Waals surface area contributed by atoms with Gasteiger partial charge in [0.15, 0.2) is 0 Å². The van der Waals surface area contributed by atoms with E-state index >= 15 is 0 Å². The third kappa shape index (κ3) is 4.99. The van der Waals surface area contributed by atoms with Crippen LogP contribution >= 0.6 is 0 Å². The number of carbonyl (C=O) groups is 1. The number of nitrogens with zero attached hydrogens (tertiary/aromatic N) is 3. The molecule has 1 N–H and O–H groups in total. The average Bonchev–Trinajstić information content (AvgIpc) is 3.33. The molecule has 2 aromatic carbocycles. The van der Waals surface area contributed by atoms with Crippen LogP contribution < -0.4 is 15.5 Å². The normalized spacial score (nSPS) is 16.3. The number of amides is 1. The van der Waals surface area contributed by atoms with Crippen LogP contribution in [0, 0.1) is 5.82 Å². The molecule has 1 aliphatic heterocycles. The van der Waals surface area contributed by atoms with E-state index in [1.165, 1.54) is 24.3 Å². The van der Waals surface area contributed by atoms with E-state index in [9.17, 15) is 13.6 Å². The Morgan fingerprint density at radius 3 is 2.84 bits per heavy atom. The summed E-state index contributed by atoms with van der Waals surface area (Å²) in [6.45, 7) is 2.14. The summed E-state index contributed by atoms with van der Waals surface area (Å²) >= 11 is 0. The minimum atomic E-state index is -0.777. The van der Waals surface area contributed by atoms with Crippen molar-refractivity contribution in [2.45, 2.75) is 12.6 Å². The molecular formula is C23H23BF2N4O2. The van der Waals surface area contributed by atoms with Gasteiger partial charge in [0.2, 0.25) is 0 Å². The molecule has 3 aromatic rings. The maximum absolute atomic E-state index is 13.5. The second-order valence-electron chi connectivity index (χ2n) is 7.78. The number of benzene rings is 2. The van der Waals surface area contributed by atoms with Crippen molar-refractivity contribution in [1.29, 1.82) is 0 Å². The predicted octanol–water partition coefficient (Wildman–Crippen LogP) is 2.69. The number of ether oxygens (including phenoxy) is 1. The second-order valence-corrected chi connectivity index (χ2v) is 7.78. The zero-order valence-electron chi connectivity index (χ0n) is 17.7. The molecule has 1 aliphatic rings. The summed E-state index contributed by atoms with van der Waals surface area (Å²) in [6.07, 6.45) is 1.32. The van der Waals surface area contributed by atoms with E-state index < -0.39 is 17.9 Å². The first kappa shape index (κ1) is 22.0. The molecule has 9 heteroatoms. The van der Waals surface area contributed by atoms with Crippen molar-refractivity contribution in [2.75, 3.05) is 31.6 Å². The number of hydrogen-bond donors (Lipinski definition) is 1. The van der Waals surface area contributed by atoms with Crippen LogP contribution in [0.25, 0.3) is 11.3 Å². The summed E-state index contributed by atoms with van der Waals surface area (Å²) in [7, 11) is 7.89. The molecule has 6 nitrogen and oxygen atoms in total. The highest BCUT2D eigenvalue weighted by Gasteiger charge is 2.21. The van der Waals surface area contributed by atoms with Gasteiger partial charge in [0.25, 0.3) is 5.91 Å². The molecule has 0 saturated carbocycles. The summed E-state index contributed by atoms with van der Waals surface area (Å²) in [6, 6.07) is 10.7. The maximum Gasteiger partial charge on any atom is 0.255 e. The van der Waals surface area contributed by atoms with E-state index in [0.29, 0.717) is 54.3 Å². The Balaban J connectivity index is 1.55. The number of likely N-dealkylation sites (tertiary alicyclic amines) is 1. The third-order valence-electron chi connectivity index (χ3n) is 5.43.